The number of Topliss-reactive ketones (excluding diaryl/α,β-unsaturated/α-hetero) is 2. The van der Waals surface area contributed by atoms with Gasteiger partial charge in [0.05, 0.1) is 11.1 Å². The van der Waals surface area contributed by atoms with Crippen molar-refractivity contribution in [3.63, 3.8) is 0 Å². The zero-order valence-electron chi connectivity index (χ0n) is 18.9. The topological polar surface area (TPSA) is 167 Å². The maximum Gasteiger partial charge on any atom is 0.252 e. The van der Waals surface area contributed by atoms with E-state index in [9.17, 15) is 29.7 Å². The molecule has 0 spiro atoms. The van der Waals surface area contributed by atoms with Gasteiger partial charge in [-0.25, -0.2) is 0 Å². The summed E-state index contributed by atoms with van der Waals surface area (Å²) < 4.78 is 0. The number of carbonyl (C=O) groups excluding carboxylic acids is 3. The standard InChI is InChI=1S/C24H29N3O6/c1-4-10-5-12(9-25)19(28)18-13(10)6-11-7-15-16(27(2)3)8-14(23(26)32)21(30)24(15,33)22(31)17(11)20(18)29/h5,8,11,15-16,28-29,33H,4,6-7,9,25H2,1-3H3,(H2,26,32)/t11-,15-,16+,24+/m0/s1. The van der Waals surface area contributed by atoms with Gasteiger partial charge in [-0.05, 0) is 50.4 Å². The molecule has 9 heteroatoms. The van der Waals surface area contributed by atoms with Gasteiger partial charge in [0.1, 0.15) is 11.5 Å². The summed E-state index contributed by atoms with van der Waals surface area (Å²) in [7, 11) is 3.45. The first kappa shape index (κ1) is 23.2. The van der Waals surface area contributed by atoms with E-state index >= 15 is 0 Å². The number of likely N-dealkylation sites (N-methyl/N-ethyl adjacent to an activating group) is 1. The van der Waals surface area contributed by atoms with Crippen LogP contribution in [0.1, 0.15) is 35.6 Å². The van der Waals surface area contributed by atoms with Crippen molar-refractivity contribution < 1.29 is 29.7 Å². The molecule has 3 aliphatic rings. The van der Waals surface area contributed by atoms with E-state index in [-0.39, 0.29) is 29.9 Å². The first-order valence-electron chi connectivity index (χ1n) is 11.0. The van der Waals surface area contributed by atoms with Gasteiger partial charge < -0.3 is 31.7 Å². The zero-order valence-corrected chi connectivity index (χ0v) is 18.9. The Morgan fingerprint density at radius 2 is 1.88 bits per heavy atom. The second-order valence-electron chi connectivity index (χ2n) is 9.28. The molecule has 9 nitrogen and oxygen atoms in total. The van der Waals surface area contributed by atoms with Crippen molar-refractivity contribution in [3.05, 3.63) is 45.5 Å². The van der Waals surface area contributed by atoms with Gasteiger partial charge in [-0.1, -0.05) is 19.1 Å². The van der Waals surface area contributed by atoms with Crippen LogP contribution in [-0.4, -0.2) is 63.4 Å². The van der Waals surface area contributed by atoms with Gasteiger partial charge in [-0.3, -0.25) is 14.4 Å². The highest BCUT2D eigenvalue weighted by Gasteiger charge is 2.62. The van der Waals surface area contributed by atoms with Gasteiger partial charge in [0.2, 0.25) is 11.6 Å². The van der Waals surface area contributed by atoms with Crippen molar-refractivity contribution >= 4 is 23.2 Å². The summed E-state index contributed by atoms with van der Waals surface area (Å²) in [6, 6.07) is 1.21. The molecule has 4 atom stereocenters. The second kappa shape index (κ2) is 7.79. The number of hydrogen-bond donors (Lipinski definition) is 5. The Morgan fingerprint density at radius 3 is 2.42 bits per heavy atom. The van der Waals surface area contributed by atoms with Crippen LogP contribution in [0.5, 0.6) is 5.75 Å². The van der Waals surface area contributed by atoms with Crippen molar-refractivity contribution in [2.24, 2.45) is 23.3 Å². The van der Waals surface area contributed by atoms with E-state index in [1.165, 1.54) is 6.08 Å². The highest BCUT2D eigenvalue weighted by atomic mass is 16.3. The molecule has 0 radical (unpaired) electrons. The van der Waals surface area contributed by atoms with E-state index in [0.717, 1.165) is 11.1 Å². The lowest BCUT2D eigenvalue weighted by molar-refractivity contribution is -0.160. The number of aryl methyl sites for hydroxylation is 1. The van der Waals surface area contributed by atoms with E-state index in [0.29, 0.717) is 18.4 Å². The number of nitrogens with zero attached hydrogens (tertiary/aromatic N) is 1. The van der Waals surface area contributed by atoms with Crippen molar-refractivity contribution in [1.82, 2.24) is 4.90 Å². The Kier molecular flexibility index (Phi) is 5.47. The molecule has 1 aromatic rings. The van der Waals surface area contributed by atoms with E-state index in [4.69, 9.17) is 11.5 Å². The van der Waals surface area contributed by atoms with Crippen LogP contribution < -0.4 is 11.5 Å². The van der Waals surface area contributed by atoms with E-state index in [1.807, 2.05) is 13.0 Å². The van der Waals surface area contributed by atoms with Gasteiger partial charge in [0.25, 0.3) is 5.91 Å². The molecular formula is C24H29N3O6. The average Bonchev–Trinajstić information content (AvgIpc) is 2.75. The number of rotatable bonds is 4. The van der Waals surface area contributed by atoms with Gasteiger partial charge in [0.15, 0.2) is 5.60 Å². The predicted octanol–water partition coefficient (Wildman–Crippen LogP) is 0.0994. The lowest BCUT2D eigenvalue weighted by atomic mass is 9.57. The number of aromatic hydroxyl groups is 1. The molecular weight excluding hydrogens is 426 g/mol. The lowest BCUT2D eigenvalue weighted by Crippen LogP contribution is -2.66. The Morgan fingerprint density at radius 1 is 1.21 bits per heavy atom. The fourth-order valence-electron chi connectivity index (χ4n) is 5.74. The van der Waals surface area contributed by atoms with Gasteiger partial charge >= 0.3 is 0 Å². The van der Waals surface area contributed by atoms with Crippen LogP contribution in [0, 0.1) is 11.8 Å². The number of aliphatic hydroxyl groups excluding tert-OH is 1. The molecule has 7 N–H and O–H groups in total. The summed E-state index contributed by atoms with van der Waals surface area (Å²) in [5, 5.41) is 33.5. The van der Waals surface area contributed by atoms with Crippen LogP contribution in [0.4, 0.5) is 0 Å². The average molecular weight is 456 g/mol. The number of aliphatic hydroxyl groups is 2. The van der Waals surface area contributed by atoms with Crippen LogP contribution in [0.3, 0.4) is 0 Å². The van der Waals surface area contributed by atoms with E-state index < -0.39 is 52.3 Å². The monoisotopic (exact) mass is 455 g/mol. The molecule has 3 aliphatic carbocycles. The molecule has 1 fully saturated rings. The first-order chi connectivity index (χ1) is 15.5. The van der Waals surface area contributed by atoms with Crippen molar-refractivity contribution in [3.8, 4) is 5.75 Å². The van der Waals surface area contributed by atoms with Gasteiger partial charge in [-0.15, -0.1) is 0 Å². The fraction of sp³-hybridized carbons (Fsp3) is 0.458. The Labute approximate surface area is 191 Å². The number of phenols is 1. The zero-order chi connectivity index (χ0) is 24.4. The minimum atomic E-state index is -2.54. The number of carbonyl (C=O) groups is 3. The Hall–Kier alpha value is -3.01. The molecule has 1 amide bonds. The van der Waals surface area contributed by atoms with Crippen molar-refractivity contribution in [1.29, 1.82) is 0 Å². The summed E-state index contributed by atoms with van der Waals surface area (Å²) in [5.41, 5.74) is 10.2. The largest absolute Gasteiger partial charge is 0.507 e. The number of primary amides is 1. The fourth-order valence-corrected chi connectivity index (χ4v) is 5.74. The van der Waals surface area contributed by atoms with Gasteiger partial charge in [0, 0.05) is 29.6 Å². The molecule has 0 unspecified atom stereocenters. The number of ketones is 2. The van der Waals surface area contributed by atoms with Crippen molar-refractivity contribution in [2.45, 2.75) is 44.4 Å². The maximum atomic E-state index is 13.7. The number of hydrogen-bond acceptors (Lipinski definition) is 8. The summed E-state index contributed by atoms with van der Waals surface area (Å²) in [6.45, 7) is 1.99. The van der Waals surface area contributed by atoms with Gasteiger partial charge in [-0.2, -0.15) is 0 Å². The van der Waals surface area contributed by atoms with Crippen LogP contribution in [0.15, 0.2) is 23.3 Å². The quantitative estimate of drug-likeness (QED) is 0.315. The molecule has 0 heterocycles. The van der Waals surface area contributed by atoms with Crippen molar-refractivity contribution in [2.75, 3.05) is 14.1 Å². The SMILES string of the molecule is CCc1cc(CN)c(O)c2c1C[C@H]1C[C@H]3[C@H](N(C)C)C=C(C(N)=O)C(=O)[C@@]3(O)C(=O)C1=C2O. The molecule has 176 valence electrons. The minimum Gasteiger partial charge on any atom is -0.507 e. The molecule has 0 bridgehead atoms. The predicted molar refractivity (Wildman–Crippen MR) is 120 cm³/mol. The Bertz CT molecular complexity index is 1150. The third kappa shape index (κ3) is 3.07. The van der Waals surface area contributed by atoms with Crippen LogP contribution in [0.2, 0.25) is 0 Å². The summed E-state index contributed by atoms with van der Waals surface area (Å²) in [6.07, 6.45) is 2.63. The lowest BCUT2D eigenvalue weighted by Gasteiger charge is -2.49. The number of fused-ring (bicyclic) bond motifs is 3. The van der Waals surface area contributed by atoms with Crippen LogP contribution in [-0.2, 0) is 33.8 Å². The molecule has 0 aliphatic heterocycles. The third-order valence-corrected chi connectivity index (χ3v) is 7.40. The van der Waals surface area contributed by atoms with Crippen LogP contribution in [0.25, 0.3) is 5.76 Å². The van der Waals surface area contributed by atoms with E-state index in [2.05, 4.69) is 0 Å². The molecule has 1 saturated carbocycles. The number of amides is 1. The molecule has 1 aromatic carbocycles. The van der Waals surface area contributed by atoms with E-state index in [1.54, 1.807) is 19.0 Å². The highest BCUT2D eigenvalue weighted by molar-refractivity contribution is 6.32. The summed E-state index contributed by atoms with van der Waals surface area (Å²) in [4.78, 5) is 40.5. The smallest absolute Gasteiger partial charge is 0.252 e. The maximum absolute atomic E-state index is 13.7. The molecule has 0 saturated heterocycles. The summed E-state index contributed by atoms with van der Waals surface area (Å²) >= 11 is 0. The Balaban J connectivity index is 1.95. The number of nitrogens with two attached hydrogens (primary N) is 2. The second-order valence-corrected chi connectivity index (χ2v) is 9.28. The molecule has 0 aromatic heterocycles. The molecule has 33 heavy (non-hydrogen) atoms. The van der Waals surface area contributed by atoms with Crippen LogP contribution >= 0.6 is 0 Å². The number of phenolic OH excluding ortho intramolecular Hbond substituents is 1. The normalized spacial score (nSPS) is 28.9. The minimum absolute atomic E-state index is 0.0356. The highest BCUT2D eigenvalue weighted by Crippen LogP contribution is 2.51. The first-order valence-corrected chi connectivity index (χ1v) is 11.0. The number of benzene rings is 1. The third-order valence-electron chi connectivity index (χ3n) is 7.40. The molecule has 4 rings (SSSR count). The summed E-state index contributed by atoms with van der Waals surface area (Å²) in [5.74, 6) is -5.01.